The number of aromatic nitrogens is 1. The summed E-state index contributed by atoms with van der Waals surface area (Å²) in [7, 11) is 0. The zero-order valence-corrected chi connectivity index (χ0v) is 11.4. The molecular weight excluding hydrogens is 286 g/mol. The van der Waals surface area contributed by atoms with Gasteiger partial charge in [0, 0.05) is 12.0 Å². The van der Waals surface area contributed by atoms with E-state index in [1.165, 1.54) is 6.20 Å². The first-order chi connectivity index (χ1) is 10.6. The number of anilines is 1. The summed E-state index contributed by atoms with van der Waals surface area (Å²) in [4.78, 5) is 26.6. The molecule has 22 heavy (non-hydrogen) atoms. The van der Waals surface area contributed by atoms with Crippen LogP contribution < -0.4 is 15.4 Å². The van der Waals surface area contributed by atoms with E-state index in [-0.39, 0.29) is 6.42 Å². The predicted molar refractivity (Wildman–Crippen MR) is 78.0 cm³/mol. The molecule has 1 atom stereocenters. The van der Waals surface area contributed by atoms with Gasteiger partial charge < -0.3 is 20.5 Å². The van der Waals surface area contributed by atoms with Crippen LogP contribution in [0.5, 0.6) is 11.5 Å². The minimum atomic E-state index is -1.24. The molecule has 1 aromatic carbocycles. The molecule has 1 aliphatic rings. The van der Waals surface area contributed by atoms with E-state index < -0.39 is 18.0 Å². The van der Waals surface area contributed by atoms with E-state index in [1.54, 1.807) is 6.07 Å². The van der Waals surface area contributed by atoms with Gasteiger partial charge in [0.1, 0.15) is 23.4 Å². The molecule has 0 saturated carbocycles. The summed E-state index contributed by atoms with van der Waals surface area (Å²) in [6.07, 6.45) is 0.497. The van der Waals surface area contributed by atoms with Crippen molar-refractivity contribution in [3.8, 4) is 11.5 Å². The molecule has 1 aromatic heterocycles. The Morgan fingerprint density at radius 3 is 2.82 bits per heavy atom. The summed E-state index contributed by atoms with van der Waals surface area (Å²) in [5, 5.41) is 13.5. The number of amides is 2. The molecule has 1 aliphatic heterocycles. The summed E-state index contributed by atoms with van der Waals surface area (Å²) >= 11 is 0. The molecule has 7 heteroatoms. The largest absolute Gasteiger partial charge is 0.465 e. The highest BCUT2D eigenvalue weighted by Gasteiger charge is 2.28. The van der Waals surface area contributed by atoms with Crippen molar-refractivity contribution in [2.24, 2.45) is 0 Å². The van der Waals surface area contributed by atoms with Crippen LogP contribution in [-0.4, -0.2) is 28.1 Å². The number of fused-ring (bicyclic) bond motifs is 1. The SMILES string of the molecule is O=C(O)N[C@H]1Cc2cc(Oc3ccccc3)cnc2NC1=O. The van der Waals surface area contributed by atoms with Gasteiger partial charge in [0.25, 0.3) is 0 Å². The summed E-state index contributed by atoms with van der Waals surface area (Å²) in [5.74, 6) is 1.20. The number of para-hydroxylation sites is 1. The van der Waals surface area contributed by atoms with Gasteiger partial charge in [0.05, 0.1) is 6.20 Å². The Labute approximate surface area is 125 Å². The van der Waals surface area contributed by atoms with Gasteiger partial charge in [-0.15, -0.1) is 0 Å². The molecule has 2 aromatic rings. The minimum absolute atomic E-state index is 0.229. The first-order valence-electron chi connectivity index (χ1n) is 6.64. The molecule has 3 rings (SSSR count). The third kappa shape index (κ3) is 2.98. The summed E-state index contributed by atoms with van der Waals surface area (Å²) in [6, 6.07) is 10.1. The van der Waals surface area contributed by atoms with Crippen LogP contribution in [0.1, 0.15) is 5.56 Å². The molecule has 7 nitrogen and oxygen atoms in total. The third-order valence-electron chi connectivity index (χ3n) is 3.20. The topological polar surface area (TPSA) is 101 Å². The number of rotatable bonds is 3. The maximum Gasteiger partial charge on any atom is 0.405 e. The number of pyridine rings is 1. The maximum atomic E-state index is 11.8. The number of hydrogen-bond donors (Lipinski definition) is 3. The van der Waals surface area contributed by atoms with Crippen LogP contribution in [0.2, 0.25) is 0 Å². The normalized spacial score (nSPS) is 16.4. The molecule has 0 fully saturated rings. The van der Waals surface area contributed by atoms with Gasteiger partial charge >= 0.3 is 6.09 Å². The number of carbonyl (C=O) groups is 2. The van der Waals surface area contributed by atoms with Crippen LogP contribution >= 0.6 is 0 Å². The predicted octanol–water partition coefficient (Wildman–Crippen LogP) is 2.00. The Kier molecular flexibility index (Phi) is 3.61. The molecule has 112 valence electrons. The lowest BCUT2D eigenvalue weighted by Gasteiger charge is -2.23. The second-order valence-electron chi connectivity index (χ2n) is 4.79. The first-order valence-corrected chi connectivity index (χ1v) is 6.64. The molecule has 3 N–H and O–H groups in total. The van der Waals surface area contributed by atoms with E-state index >= 15 is 0 Å². The molecule has 0 spiro atoms. The fourth-order valence-corrected chi connectivity index (χ4v) is 2.22. The Bertz CT molecular complexity index is 718. The van der Waals surface area contributed by atoms with Crippen molar-refractivity contribution in [2.75, 3.05) is 5.32 Å². The fourth-order valence-electron chi connectivity index (χ4n) is 2.22. The molecule has 0 unspecified atom stereocenters. The van der Waals surface area contributed by atoms with Crippen molar-refractivity contribution in [2.45, 2.75) is 12.5 Å². The number of nitrogens with one attached hydrogen (secondary N) is 2. The number of ether oxygens (including phenoxy) is 1. The third-order valence-corrected chi connectivity index (χ3v) is 3.20. The van der Waals surface area contributed by atoms with Crippen molar-refractivity contribution < 1.29 is 19.4 Å². The van der Waals surface area contributed by atoms with Gasteiger partial charge in [-0.05, 0) is 18.2 Å². The monoisotopic (exact) mass is 299 g/mol. The quantitative estimate of drug-likeness (QED) is 0.805. The van der Waals surface area contributed by atoms with Gasteiger partial charge in [0.15, 0.2) is 0 Å². The van der Waals surface area contributed by atoms with Gasteiger partial charge in [0.2, 0.25) is 5.91 Å². The molecule has 0 saturated heterocycles. The van der Waals surface area contributed by atoms with E-state index in [2.05, 4.69) is 15.6 Å². The smallest absolute Gasteiger partial charge is 0.405 e. The molecular formula is C15H13N3O4. The summed E-state index contributed by atoms with van der Waals surface area (Å²) in [5.41, 5.74) is 0.715. The number of carboxylic acid groups (broad SMARTS) is 1. The highest BCUT2D eigenvalue weighted by Crippen LogP contribution is 2.27. The van der Waals surface area contributed by atoms with Crippen molar-refractivity contribution in [1.82, 2.24) is 10.3 Å². The Morgan fingerprint density at radius 2 is 2.09 bits per heavy atom. The standard InChI is InChI=1S/C15H13N3O4/c19-14-12(17-15(20)21)7-9-6-11(8-16-13(9)18-14)22-10-4-2-1-3-5-10/h1-6,8,12,17H,7H2,(H,20,21)(H,16,18,19)/t12-/m0/s1. The van der Waals surface area contributed by atoms with Crippen molar-refractivity contribution in [1.29, 1.82) is 0 Å². The fraction of sp³-hybridized carbons (Fsp3) is 0.133. The van der Waals surface area contributed by atoms with Crippen LogP contribution in [0.15, 0.2) is 42.6 Å². The highest BCUT2D eigenvalue weighted by molar-refractivity contribution is 5.98. The summed E-state index contributed by atoms with van der Waals surface area (Å²) < 4.78 is 5.68. The Hall–Kier alpha value is -3.09. The average molecular weight is 299 g/mol. The highest BCUT2D eigenvalue weighted by atomic mass is 16.5. The van der Waals surface area contributed by atoms with Crippen molar-refractivity contribution >= 4 is 17.8 Å². The molecule has 0 radical (unpaired) electrons. The maximum absolute atomic E-state index is 11.8. The van der Waals surface area contributed by atoms with Crippen LogP contribution in [0.3, 0.4) is 0 Å². The van der Waals surface area contributed by atoms with Crippen molar-refractivity contribution in [3.05, 3.63) is 48.2 Å². The van der Waals surface area contributed by atoms with Crippen LogP contribution in [-0.2, 0) is 11.2 Å². The zero-order chi connectivity index (χ0) is 15.5. The Balaban J connectivity index is 1.81. The molecule has 0 bridgehead atoms. The van der Waals surface area contributed by atoms with Crippen LogP contribution in [0, 0.1) is 0 Å². The molecule has 2 amide bonds. The lowest BCUT2D eigenvalue weighted by molar-refractivity contribution is -0.118. The van der Waals surface area contributed by atoms with Crippen LogP contribution in [0.4, 0.5) is 10.6 Å². The Morgan fingerprint density at radius 1 is 1.32 bits per heavy atom. The number of nitrogens with zero attached hydrogens (tertiary/aromatic N) is 1. The van der Waals surface area contributed by atoms with Gasteiger partial charge in [-0.25, -0.2) is 9.78 Å². The lowest BCUT2D eigenvalue weighted by Crippen LogP contribution is -2.47. The lowest BCUT2D eigenvalue weighted by atomic mass is 10.0. The van der Waals surface area contributed by atoms with E-state index in [0.717, 1.165) is 0 Å². The minimum Gasteiger partial charge on any atom is -0.465 e. The van der Waals surface area contributed by atoms with E-state index in [4.69, 9.17) is 9.84 Å². The number of carbonyl (C=O) groups excluding carboxylic acids is 1. The van der Waals surface area contributed by atoms with E-state index in [0.29, 0.717) is 22.9 Å². The number of hydrogen-bond acceptors (Lipinski definition) is 4. The second kappa shape index (κ2) is 5.72. The molecule has 2 heterocycles. The van der Waals surface area contributed by atoms with Crippen molar-refractivity contribution in [3.63, 3.8) is 0 Å². The zero-order valence-electron chi connectivity index (χ0n) is 11.4. The second-order valence-corrected chi connectivity index (χ2v) is 4.79. The summed E-state index contributed by atoms with van der Waals surface area (Å²) in [6.45, 7) is 0. The molecule has 0 aliphatic carbocycles. The van der Waals surface area contributed by atoms with Crippen LogP contribution in [0.25, 0.3) is 0 Å². The first kappa shape index (κ1) is 13.9. The number of benzene rings is 1. The van der Waals surface area contributed by atoms with Gasteiger partial charge in [-0.2, -0.15) is 0 Å². The van der Waals surface area contributed by atoms with E-state index in [1.807, 2.05) is 30.3 Å². The van der Waals surface area contributed by atoms with Gasteiger partial charge in [-0.1, -0.05) is 18.2 Å². The average Bonchev–Trinajstić information content (AvgIpc) is 2.49. The van der Waals surface area contributed by atoms with Gasteiger partial charge in [-0.3, -0.25) is 4.79 Å². The van der Waals surface area contributed by atoms with E-state index in [9.17, 15) is 9.59 Å².